The van der Waals surface area contributed by atoms with E-state index in [0.717, 1.165) is 29.3 Å². The first-order chi connectivity index (χ1) is 11.2. The highest BCUT2D eigenvalue weighted by Crippen LogP contribution is 2.35. The van der Waals surface area contributed by atoms with Crippen molar-refractivity contribution in [2.75, 3.05) is 0 Å². The number of nitrogens with zero attached hydrogens (tertiary/aromatic N) is 3. The molecule has 5 heteroatoms. The first-order valence-corrected chi connectivity index (χ1v) is 8.08. The summed E-state index contributed by atoms with van der Waals surface area (Å²) in [5.41, 5.74) is 3.01. The normalized spacial score (nSPS) is 20.4. The number of hydrogen-bond acceptors (Lipinski definition) is 4. The number of aldehydes is 1. The molecule has 118 valence electrons. The number of Topliss-reactive ketones (excluding diaryl/α,β-unsaturated/α-hetero) is 1. The van der Waals surface area contributed by atoms with Gasteiger partial charge >= 0.3 is 0 Å². The molecule has 1 aliphatic carbocycles. The van der Waals surface area contributed by atoms with Crippen molar-refractivity contribution in [3.8, 4) is 0 Å². The Labute approximate surface area is 134 Å². The zero-order valence-corrected chi connectivity index (χ0v) is 12.9. The minimum absolute atomic E-state index is 0.382. The number of fused-ring (bicyclic) bond motifs is 1. The van der Waals surface area contributed by atoms with Crippen molar-refractivity contribution in [3.63, 3.8) is 0 Å². The Kier molecular flexibility index (Phi) is 3.58. The molecule has 0 radical (unpaired) electrons. The van der Waals surface area contributed by atoms with E-state index in [1.54, 1.807) is 0 Å². The van der Waals surface area contributed by atoms with Gasteiger partial charge in [-0.2, -0.15) is 5.10 Å². The van der Waals surface area contributed by atoms with Gasteiger partial charge in [0.25, 0.3) is 0 Å². The van der Waals surface area contributed by atoms with Gasteiger partial charge in [0.05, 0.1) is 5.69 Å². The van der Waals surface area contributed by atoms with Crippen LogP contribution in [0.25, 0.3) is 0 Å². The van der Waals surface area contributed by atoms with Crippen molar-refractivity contribution in [2.24, 2.45) is 5.92 Å². The van der Waals surface area contributed by atoms with Crippen LogP contribution >= 0.6 is 0 Å². The minimum atomic E-state index is -0.475. The summed E-state index contributed by atoms with van der Waals surface area (Å²) >= 11 is 0. The van der Waals surface area contributed by atoms with Crippen LogP contribution in [0.1, 0.15) is 35.7 Å². The lowest BCUT2D eigenvalue weighted by Crippen LogP contribution is -2.28. The molecule has 5 nitrogen and oxygen atoms in total. The highest BCUT2D eigenvalue weighted by Gasteiger charge is 2.35. The van der Waals surface area contributed by atoms with Gasteiger partial charge in [-0.15, -0.1) is 0 Å². The van der Waals surface area contributed by atoms with Gasteiger partial charge in [-0.25, -0.2) is 0 Å². The van der Waals surface area contributed by atoms with E-state index in [4.69, 9.17) is 0 Å². The fraction of sp³-hybridized carbons (Fsp3) is 0.389. The first-order valence-electron chi connectivity index (χ1n) is 8.08. The Balaban J connectivity index is 1.54. The fourth-order valence-electron chi connectivity index (χ4n) is 3.36. The van der Waals surface area contributed by atoms with Crippen LogP contribution in [0.2, 0.25) is 0 Å². The molecule has 23 heavy (non-hydrogen) atoms. The number of rotatable bonds is 6. The van der Waals surface area contributed by atoms with Crippen molar-refractivity contribution in [2.45, 2.75) is 38.5 Å². The summed E-state index contributed by atoms with van der Waals surface area (Å²) in [7, 11) is 0. The van der Waals surface area contributed by atoms with E-state index < -0.39 is 6.04 Å². The third kappa shape index (κ3) is 2.84. The highest BCUT2D eigenvalue weighted by molar-refractivity contribution is 6.27. The van der Waals surface area contributed by atoms with Crippen LogP contribution in [-0.2, 0) is 29.2 Å². The molecular formula is C18H19N3O2. The van der Waals surface area contributed by atoms with Crippen LogP contribution in [0.15, 0.2) is 36.5 Å². The van der Waals surface area contributed by atoms with Crippen LogP contribution in [-0.4, -0.2) is 26.7 Å². The van der Waals surface area contributed by atoms with E-state index in [0.29, 0.717) is 19.4 Å². The van der Waals surface area contributed by atoms with Crippen LogP contribution < -0.4 is 0 Å². The molecular weight excluding hydrogens is 290 g/mol. The predicted octanol–water partition coefficient (Wildman–Crippen LogP) is 2.12. The van der Waals surface area contributed by atoms with Crippen LogP contribution in [0.5, 0.6) is 0 Å². The molecule has 1 fully saturated rings. The Morgan fingerprint density at radius 3 is 2.87 bits per heavy atom. The molecule has 1 saturated carbocycles. The lowest BCUT2D eigenvalue weighted by Gasteiger charge is -2.21. The van der Waals surface area contributed by atoms with E-state index >= 15 is 0 Å². The van der Waals surface area contributed by atoms with Gasteiger partial charge in [0.15, 0.2) is 6.29 Å². The smallest absolute Gasteiger partial charge is 0.216 e. The summed E-state index contributed by atoms with van der Waals surface area (Å²) in [5, 5.41) is 4.61. The van der Waals surface area contributed by atoms with Crippen LogP contribution in [0.3, 0.4) is 0 Å². The van der Waals surface area contributed by atoms with Gasteiger partial charge in [0.1, 0.15) is 6.04 Å². The van der Waals surface area contributed by atoms with Gasteiger partial charge < -0.3 is 0 Å². The molecule has 1 aromatic carbocycles. The van der Waals surface area contributed by atoms with Crippen LogP contribution in [0.4, 0.5) is 0 Å². The van der Waals surface area contributed by atoms with Crippen molar-refractivity contribution in [1.29, 1.82) is 0 Å². The second-order valence-corrected chi connectivity index (χ2v) is 6.50. The average Bonchev–Trinajstić information content (AvgIpc) is 3.14. The molecule has 1 atom stereocenters. The number of carbonyl (C=O) groups excluding carboxylic acids is 2. The topological polar surface area (TPSA) is 55.2 Å². The van der Waals surface area contributed by atoms with Gasteiger partial charge in [-0.3, -0.25) is 19.2 Å². The third-order valence-electron chi connectivity index (χ3n) is 4.68. The monoisotopic (exact) mass is 309 g/mol. The van der Waals surface area contributed by atoms with E-state index in [-0.39, 0.29) is 5.78 Å². The molecule has 1 aliphatic heterocycles. The molecule has 1 aromatic heterocycles. The third-order valence-corrected chi connectivity index (χ3v) is 4.68. The summed E-state index contributed by atoms with van der Waals surface area (Å²) in [4.78, 5) is 25.2. The largest absolute Gasteiger partial charge is 0.295 e. The second-order valence-electron chi connectivity index (χ2n) is 6.50. The molecule has 0 amide bonds. The maximum absolute atomic E-state index is 12.1. The standard InChI is InChI=1S/C18H19N3O2/c22-12-17(23)18-16-4-2-1-3-14(16)10-20(18)11-15-7-8-21(19-15)9-13-5-6-13/h1-4,7-8,12-13,18H,5-6,9-11H2. The quantitative estimate of drug-likeness (QED) is 0.606. The first kappa shape index (κ1) is 14.3. The van der Waals surface area contributed by atoms with E-state index in [2.05, 4.69) is 5.10 Å². The Bertz CT molecular complexity index is 748. The van der Waals surface area contributed by atoms with Crippen molar-refractivity contribution in [3.05, 3.63) is 53.3 Å². The summed E-state index contributed by atoms with van der Waals surface area (Å²) in [6, 6.07) is 9.37. The molecule has 2 aliphatic rings. The lowest BCUT2D eigenvalue weighted by molar-refractivity contribution is -0.133. The molecule has 1 unspecified atom stereocenters. The van der Waals surface area contributed by atoms with E-state index in [1.807, 2.05) is 46.1 Å². The minimum Gasteiger partial charge on any atom is -0.295 e. The summed E-state index contributed by atoms with van der Waals surface area (Å²) in [6.45, 7) is 2.24. The van der Waals surface area contributed by atoms with Gasteiger partial charge in [-0.05, 0) is 36.0 Å². The zero-order chi connectivity index (χ0) is 15.8. The average molecular weight is 309 g/mol. The summed E-state index contributed by atoms with van der Waals surface area (Å²) in [6.07, 6.45) is 5.04. The predicted molar refractivity (Wildman–Crippen MR) is 84.5 cm³/mol. The van der Waals surface area contributed by atoms with Gasteiger partial charge in [-0.1, -0.05) is 24.3 Å². The molecule has 0 spiro atoms. The molecule has 0 N–H and O–H groups in total. The maximum atomic E-state index is 12.1. The molecule has 0 saturated heterocycles. The summed E-state index contributed by atoms with van der Waals surface area (Å²) < 4.78 is 1.99. The maximum Gasteiger partial charge on any atom is 0.216 e. The molecule has 4 rings (SSSR count). The summed E-state index contributed by atoms with van der Waals surface area (Å²) in [5.74, 6) is 0.399. The SMILES string of the molecule is O=CC(=O)C1c2ccccc2CN1Cc1ccn(CC2CC2)n1. The van der Waals surface area contributed by atoms with Gasteiger partial charge in [0.2, 0.25) is 5.78 Å². The Morgan fingerprint density at radius 2 is 2.09 bits per heavy atom. The lowest BCUT2D eigenvalue weighted by atomic mass is 10.0. The van der Waals surface area contributed by atoms with Crippen molar-refractivity contribution < 1.29 is 9.59 Å². The van der Waals surface area contributed by atoms with Crippen molar-refractivity contribution >= 4 is 12.1 Å². The fourth-order valence-corrected chi connectivity index (χ4v) is 3.36. The number of aromatic nitrogens is 2. The molecule has 0 bridgehead atoms. The Morgan fingerprint density at radius 1 is 1.26 bits per heavy atom. The number of benzene rings is 1. The van der Waals surface area contributed by atoms with E-state index in [1.165, 1.54) is 12.8 Å². The highest BCUT2D eigenvalue weighted by atomic mass is 16.2. The molecule has 2 aromatic rings. The second kappa shape index (κ2) is 5.74. The van der Waals surface area contributed by atoms with Gasteiger partial charge in [0, 0.05) is 25.8 Å². The number of carbonyl (C=O) groups is 2. The molecule has 2 heterocycles. The van der Waals surface area contributed by atoms with Crippen LogP contribution in [0, 0.1) is 5.92 Å². The number of ketones is 1. The Hall–Kier alpha value is -2.27. The van der Waals surface area contributed by atoms with Crippen molar-refractivity contribution in [1.82, 2.24) is 14.7 Å². The zero-order valence-electron chi connectivity index (χ0n) is 12.9. The number of hydrogen-bond donors (Lipinski definition) is 0. The van der Waals surface area contributed by atoms with E-state index in [9.17, 15) is 9.59 Å².